The number of anilines is 1. The van der Waals surface area contributed by atoms with Crippen molar-refractivity contribution in [1.29, 1.82) is 0 Å². The van der Waals surface area contributed by atoms with E-state index in [1.807, 2.05) is 6.07 Å². The van der Waals surface area contributed by atoms with Gasteiger partial charge in [0.05, 0.1) is 27.0 Å². The number of carboxylic acids is 1. The van der Waals surface area contributed by atoms with Crippen molar-refractivity contribution in [3.8, 4) is 0 Å². The lowest BCUT2D eigenvalue weighted by Crippen LogP contribution is -2.26. The number of halogens is 3. The van der Waals surface area contributed by atoms with Crippen molar-refractivity contribution in [1.82, 2.24) is 0 Å². The molecular weight excluding hydrogens is 405 g/mol. The van der Waals surface area contributed by atoms with Gasteiger partial charge in [-0.15, -0.1) is 11.8 Å². The molecule has 1 aliphatic heterocycles. The van der Waals surface area contributed by atoms with E-state index in [9.17, 15) is 9.59 Å². The van der Waals surface area contributed by atoms with Crippen molar-refractivity contribution < 1.29 is 14.7 Å². The number of aliphatic carboxylic acids is 1. The predicted molar refractivity (Wildman–Crippen MR) is 102 cm³/mol. The summed E-state index contributed by atoms with van der Waals surface area (Å²) in [6.07, 6.45) is -0.299. The molecule has 25 heavy (non-hydrogen) atoms. The second kappa shape index (κ2) is 7.46. The van der Waals surface area contributed by atoms with E-state index in [4.69, 9.17) is 39.9 Å². The number of amides is 1. The molecule has 2 unspecified atom stereocenters. The first-order valence-electron chi connectivity index (χ1n) is 7.28. The number of carbonyl (C=O) groups is 2. The van der Waals surface area contributed by atoms with Gasteiger partial charge in [-0.05, 0) is 35.4 Å². The summed E-state index contributed by atoms with van der Waals surface area (Å²) in [7, 11) is 0. The first-order valence-corrected chi connectivity index (χ1v) is 9.36. The van der Waals surface area contributed by atoms with Crippen molar-refractivity contribution >= 4 is 64.1 Å². The quantitative estimate of drug-likeness (QED) is 0.716. The second-order valence-electron chi connectivity index (χ2n) is 5.47. The molecule has 0 aliphatic carbocycles. The van der Waals surface area contributed by atoms with Crippen LogP contribution in [-0.4, -0.2) is 22.2 Å². The third-order valence-electron chi connectivity index (χ3n) is 3.77. The van der Waals surface area contributed by atoms with Crippen LogP contribution in [0.1, 0.15) is 22.8 Å². The van der Waals surface area contributed by atoms with Crippen molar-refractivity contribution in [3.05, 3.63) is 62.6 Å². The van der Waals surface area contributed by atoms with Gasteiger partial charge in [-0.2, -0.15) is 0 Å². The molecule has 0 saturated carbocycles. The molecule has 130 valence electrons. The molecule has 2 aromatic rings. The van der Waals surface area contributed by atoms with Gasteiger partial charge in [-0.1, -0.05) is 46.9 Å². The lowest BCUT2D eigenvalue weighted by atomic mass is 10.0. The van der Waals surface area contributed by atoms with E-state index in [1.54, 1.807) is 30.3 Å². The molecule has 0 fully saturated rings. The van der Waals surface area contributed by atoms with E-state index in [0.29, 0.717) is 26.3 Å². The Hall–Kier alpha value is -1.40. The Labute approximate surface area is 163 Å². The number of hydrogen-bond acceptors (Lipinski definition) is 3. The number of carboxylic acid groups (broad SMARTS) is 1. The zero-order valence-corrected chi connectivity index (χ0v) is 15.7. The highest BCUT2D eigenvalue weighted by Crippen LogP contribution is 2.48. The summed E-state index contributed by atoms with van der Waals surface area (Å²) >= 11 is 19.9. The molecule has 4 nitrogen and oxygen atoms in total. The predicted octanol–water partition coefficient (Wildman–Crippen LogP) is 5.26. The monoisotopic (exact) mass is 415 g/mol. The first-order chi connectivity index (χ1) is 11.9. The van der Waals surface area contributed by atoms with Crippen LogP contribution in [0.5, 0.6) is 0 Å². The standard InChI is InChI=1S/C17H12Cl3NO3S/c18-8-4-5-12-10(6-8)16(9-2-1-3-11(19)15(9)20)25-13(7-14(22)23)17(24)21-12/h1-6,13,16H,7H2,(H,21,24)(H,22,23). The van der Waals surface area contributed by atoms with Crippen LogP contribution in [0.4, 0.5) is 5.69 Å². The average Bonchev–Trinajstić information content (AvgIpc) is 2.67. The van der Waals surface area contributed by atoms with E-state index < -0.39 is 11.2 Å². The summed E-state index contributed by atoms with van der Waals surface area (Å²) in [5, 5.41) is 12.0. The summed E-state index contributed by atoms with van der Waals surface area (Å²) in [5.41, 5.74) is 2.04. The SMILES string of the molecule is O=C(O)CC1SC(c2cccc(Cl)c2Cl)c2cc(Cl)ccc2NC1=O. The Kier molecular flexibility index (Phi) is 5.49. The Morgan fingerprint density at radius 3 is 2.64 bits per heavy atom. The number of fused-ring (bicyclic) bond motifs is 1. The highest BCUT2D eigenvalue weighted by molar-refractivity contribution is 8.01. The Balaban J connectivity index is 2.15. The number of carbonyl (C=O) groups excluding carboxylic acids is 1. The minimum atomic E-state index is -1.05. The fourth-order valence-electron chi connectivity index (χ4n) is 2.64. The van der Waals surface area contributed by atoms with Crippen LogP contribution in [0.2, 0.25) is 15.1 Å². The van der Waals surface area contributed by atoms with Crippen molar-refractivity contribution in [2.75, 3.05) is 5.32 Å². The maximum absolute atomic E-state index is 12.4. The Morgan fingerprint density at radius 2 is 1.92 bits per heavy atom. The highest BCUT2D eigenvalue weighted by Gasteiger charge is 2.34. The smallest absolute Gasteiger partial charge is 0.305 e. The number of nitrogens with one attached hydrogen (secondary N) is 1. The summed E-state index contributed by atoms with van der Waals surface area (Å²) < 4.78 is 0. The van der Waals surface area contributed by atoms with Gasteiger partial charge in [0.25, 0.3) is 0 Å². The zero-order valence-electron chi connectivity index (χ0n) is 12.6. The van der Waals surface area contributed by atoms with E-state index in [2.05, 4.69) is 5.32 Å². The summed E-state index contributed by atoms with van der Waals surface area (Å²) in [6.45, 7) is 0. The molecule has 1 amide bonds. The lowest BCUT2D eigenvalue weighted by molar-refractivity contribution is -0.138. The Bertz CT molecular complexity index is 859. The number of thioether (sulfide) groups is 1. The summed E-state index contributed by atoms with van der Waals surface area (Å²) in [6, 6.07) is 10.4. The van der Waals surface area contributed by atoms with Gasteiger partial charge < -0.3 is 10.4 Å². The Morgan fingerprint density at radius 1 is 1.16 bits per heavy atom. The number of hydrogen-bond donors (Lipinski definition) is 2. The second-order valence-corrected chi connectivity index (χ2v) is 8.00. The van der Waals surface area contributed by atoms with Crippen LogP contribution < -0.4 is 5.32 Å². The molecule has 1 aliphatic rings. The molecule has 3 rings (SSSR count). The molecule has 0 saturated heterocycles. The van der Waals surface area contributed by atoms with Crippen LogP contribution >= 0.6 is 46.6 Å². The summed E-state index contributed by atoms with van der Waals surface area (Å²) in [5.74, 6) is -1.41. The normalized spacial score (nSPS) is 19.7. The lowest BCUT2D eigenvalue weighted by Gasteiger charge is -2.21. The zero-order chi connectivity index (χ0) is 18.1. The van der Waals surface area contributed by atoms with E-state index in [1.165, 1.54) is 11.8 Å². The van der Waals surface area contributed by atoms with Gasteiger partial charge in [0, 0.05) is 10.7 Å². The summed E-state index contributed by atoms with van der Waals surface area (Å²) in [4.78, 5) is 23.6. The minimum absolute atomic E-state index is 0.299. The third kappa shape index (κ3) is 3.90. The molecule has 8 heteroatoms. The fraction of sp³-hybridized carbons (Fsp3) is 0.176. The maximum Gasteiger partial charge on any atom is 0.305 e. The molecule has 0 spiro atoms. The van der Waals surface area contributed by atoms with E-state index in [-0.39, 0.29) is 17.6 Å². The van der Waals surface area contributed by atoms with Gasteiger partial charge in [0.2, 0.25) is 5.91 Å². The molecule has 2 atom stereocenters. The van der Waals surface area contributed by atoms with Crippen molar-refractivity contribution in [3.63, 3.8) is 0 Å². The third-order valence-corrected chi connectivity index (χ3v) is 6.33. The minimum Gasteiger partial charge on any atom is -0.481 e. The van der Waals surface area contributed by atoms with E-state index in [0.717, 1.165) is 5.56 Å². The molecular formula is C17H12Cl3NO3S. The fourth-order valence-corrected chi connectivity index (χ4v) is 4.74. The van der Waals surface area contributed by atoms with Crippen LogP contribution in [0.25, 0.3) is 0 Å². The van der Waals surface area contributed by atoms with Crippen molar-refractivity contribution in [2.24, 2.45) is 0 Å². The molecule has 0 bridgehead atoms. The molecule has 2 aromatic carbocycles. The van der Waals surface area contributed by atoms with E-state index >= 15 is 0 Å². The maximum atomic E-state index is 12.4. The van der Waals surface area contributed by atoms with Crippen LogP contribution in [0.15, 0.2) is 36.4 Å². The van der Waals surface area contributed by atoms with Gasteiger partial charge in [-0.25, -0.2) is 0 Å². The molecule has 0 aromatic heterocycles. The highest BCUT2D eigenvalue weighted by atomic mass is 35.5. The van der Waals surface area contributed by atoms with Gasteiger partial charge in [0.15, 0.2) is 0 Å². The largest absolute Gasteiger partial charge is 0.481 e. The number of benzene rings is 2. The molecule has 2 N–H and O–H groups in total. The topological polar surface area (TPSA) is 66.4 Å². The first kappa shape index (κ1) is 18.4. The number of rotatable bonds is 3. The van der Waals surface area contributed by atoms with Crippen LogP contribution in [-0.2, 0) is 9.59 Å². The average molecular weight is 417 g/mol. The van der Waals surface area contributed by atoms with Crippen molar-refractivity contribution in [2.45, 2.75) is 16.9 Å². The van der Waals surface area contributed by atoms with Gasteiger partial charge in [-0.3, -0.25) is 9.59 Å². The molecule has 1 heterocycles. The molecule has 0 radical (unpaired) electrons. The van der Waals surface area contributed by atoms with Crippen LogP contribution in [0.3, 0.4) is 0 Å². The van der Waals surface area contributed by atoms with Gasteiger partial charge >= 0.3 is 5.97 Å². The van der Waals surface area contributed by atoms with Crippen LogP contribution in [0, 0.1) is 0 Å². The van der Waals surface area contributed by atoms with Gasteiger partial charge in [0.1, 0.15) is 0 Å².